The van der Waals surface area contributed by atoms with E-state index < -0.39 is 4.92 Å². The standard InChI is InChI=1S/C20H12BrN3O4S/c21-12-5-7-13(8-6-12)22-20-23-19(25)18(29-20)11-14-9-10-17(28-14)15-3-1-2-4-16(15)24(26)27/h1-11H,(H,22,23,25)/b18-11+. The van der Waals surface area contributed by atoms with Gasteiger partial charge in [0.05, 0.1) is 21.1 Å². The van der Waals surface area contributed by atoms with E-state index in [4.69, 9.17) is 4.42 Å². The van der Waals surface area contributed by atoms with E-state index in [0.29, 0.717) is 32.8 Å². The molecule has 29 heavy (non-hydrogen) atoms. The van der Waals surface area contributed by atoms with Crippen LogP contribution >= 0.6 is 27.7 Å². The third-order valence-electron chi connectivity index (χ3n) is 3.97. The van der Waals surface area contributed by atoms with Gasteiger partial charge in [-0.25, -0.2) is 4.99 Å². The molecule has 0 radical (unpaired) electrons. The van der Waals surface area contributed by atoms with E-state index >= 15 is 0 Å². The zero-order valence-electron chi connectivity index (χ0n) is 14.7. The maximum Gasteiger partial charge on any atom is 0.280 e. The number of rotatable bonds is 4. The third-order valence-corrected chi connectivity index (χ3v) is 5.41. The second-order valence-corrected chi connectivity index (χ2v) is 7.88. The number of hydrogen-bond donors (Lipinski definition) is 1. The minimum absolute atomic E-state index is 0.0436. The largest absolute Gasteiger partial charge is 0.456 e. The second kappa shape index (κ2) is 8.06. The minimum Gasteiger partial charge on any atom is -0.456 e. The highest BCUT2D eigenvalue weighted by atomic mass is 79.9. The molecule has 1 aliphatic rings. The molecule has 0 unspecified atom stereocenters. The molecule has 2 heterocycles. The molecule has 0 atom stereocenters. The van der Waals surface area contributed by atoms with Crippen LogP contribution in [0.5, 0.6) is 0 Å². The molecule has 1 aromatic heterocycles. The average molecular weight is 470 g/mol. The number of carbonyl (C=O) groups is 1. The maximum atomic E-state index is 12.2. The summed E-state index contributed by atoms with van der Waals surface area (Å²) >= 11 is 4.56. The van der Waals surface area contributed by atoms with E-state index in [1.54, 1.807) is 36.4 Å². The van der Waals surface area contributed by atoms with Gasteiger partial charge in [-0.3, -0.25) is 14.9 Å². The van der Waals surface area contributed by atoms with Crippen LogP contribution in [0.2, 0.25) is 0 Å². The van der Waals surface area contributed by atoms with E-state index in [1.807, 2.05) is 24.3 Å². The van der Waals surface area contributed by atoms with E-state index in [9.17, 15) is 14.9 Å². The van der Waals surface area contributed by atoms with Crippen molar-refractivity contribution in [2.24, 2.45) is 4.99 Å². The first-order chi connectivity index (χ1) is 14.0. The summed E-state index contributed by atoms with van der Waals surface area (Å²) in [6.07, 6.45) is 1.59. The predicted molar refractivity (Wildman–Crippen MR) is 116 cm³/mol. The number of amides is 1. The first-order valence-corrected chi connectivity index (χ1v) is 9.99. The number of benzene rings is 2. The minimum atomic E-state index is -0.457. The fourth-order valence-corrected chi connectivity index (χ4v) is 3.75. The van der Waals surface area contributed by atoms with Gasteiger partial charge in [0.15, 0.2) is 5.17 Å². The van der Waals surface area contributed by atoms with Gasteiger partial charge in [-0.15, -0.1) is 0 Å². The lowest BCUT2D eigenvalue weighted by atomic mass is 10.1. The molecular weight excluding hydrogens is 458 g/mol. The molecule has 1 aliphatic heterocycles. The smallest absolute Gasteiger partial charge is 0.280 e. The summed E-state index contributed by atoms with van der Waals surface area (Å²) in [6, 6.07) is 17.0. The van der Waals surface area contributed by atoms with Gasteiger partial charge in [-0.1, -0.05) is 28.1 Å². The molecular formula is C20H12BrN3O4S. The van der Waals surface area contributed by atoms with Crippen molar-refractivity contribution in [1.29, 1.82) is 0 Å². The number of thioether (sulfide) groups is 1. The summed E-state index contributed by atoms with van der Waals surface area (Å²) in [5, 5.41) is 14.4. The number of nitrogens with one attached hydrogen (secondary N) is 1. The summed E-state index contributed by atoms with van der Waals surface area (Å²) in [5.74, 6) is 0.492. The predicted octanol–water partition coefficient (Wildman–Crippen LogP) is 5.51. The number of halogens is 1. The van der Waals surface area contributed by atoms with Crippen molar-refractivity contribution < 1.29 is 14.1 Å². The molecule has 1 saturated heterocycles. The number of hydrogen-bond acceptors (Lipinski definition) is 6. The number of nitro groups is 1. The highest BCUT2D eigenvalue weighted by Crippen LogP contribution is 2.33. The van der Waals surface area contributed by atoms with Gasteiger partial charge in [0, 0.05) is 16.6 Å². The van der Waals surface area contributed by atoms with Crippen LogP contribution in [0.3, 0.4) is 0 Å². The number of carbonyl (C=O) groups excluding carboxylic acids is 1. The fourth-order valence-electron chi connectivity index (χ4n) is 2.66. The number of furan rings is 1. The SMILES string of the molecule is O=C1NC(=Nc2ccc(Br)cc2)S/C1=C/c1ccc(-c2ccccc2[N+](=O)[O-])o1. The zero-order chi connectivity index (χ0) is 20.4. The summed E-state index contributed by atoms with van der Waals surface area (Å²) in [6.45, 7) is 0. The number of nitro benzene ring substituents is 1. The molecule has 0 bridgehead atoms. The summed E-state index contributed by atoms with van der Waals surface area (Å²) in [5.41, 5.74) is 1.05. The van der Waals surface area contributed by atoms with Gasteiger partial charge >= 0.3 is 0 Å². The lowest BCUT2D eigenvalue weighted by molar-refractivity contribution is -0.384. The summed E-state index contributed by atoms with van der Waals surface area (Å²) in [4.78, 5) is 27.8. The van der Waals surface area contributed by atoms with Gasteiger partial charge in [-0.05, 0) is 54.2 Å². The Morgan fingerprint density at radius 1 is 1.10 bits per heavy atom. The molecule has 3 aromatic rings. The Balaban J connectivity index is 1.57. The molecule has 0 saturated carbocycles. The van der Waals surface area contributed by atoms with Crippen LogP contribution in [0.25, 0.3) is 17.4 Å². The quantitative estimate of drug-likeness (QED) is 0.308. The first-order valence-electron chi connectivity index (χ1n) is 8.38. The first kappa shape index (κ1) is 19.2. The molecule has 1 fully saturated rings. The summed E-state index contributed by atoms with van der Waals surface area (Å²) in [7, 11) is 0. The third kappa shape index (κ3) is 4.30. The number of nitrogens with zero attached hydrogens (tertiary/aromatic N) is 2. The van der Waals surface area contributed by atoms with Crippen LogP contribution < -0.4 is 5.32 Å². The van der Waals surface area contributed by atoms with Crippen molar-refractivity contribution in [2.45, 2.75) is 0 Å². The van der Waals surface area contributed by atoms with Crippen LogP contribution in [0, 0.1) is 10.1 Å². The van der Waals surface area contributed by atoms with Crippen LogP contribution in [0.4, 0.5) is 11.4 Å². The Hall–Kier alpha value is -3.17. The molecule has 0 spiro atoms. The maximum absolute atomic E-state index is 12.2. The highest BCUT2D eigenvalue weighted by molar-refractivity contribution is 9.10. The number of para-hydroxylation sites is 1. The molecule has 0 aliphatic carbocycles. The van der Waals surface area contributed by atoms with E-state index in [2.05, 4.69) is 26.2 Å². The monoisotopic (exact) mass is 469 g/mol. The number of aliphatic imine (C=N–C) groups is 1. The van der Waals surface area contributed by atoms with E-state index in [0.717, 1.165) is 4.47 Å². The van der Waals surface area contributed by atoms with Crippen LogP contribution in [0.1, 0.15) is 5.76 Å². The molecule has 9 heteroatoms. The van der Waals surface area contributed by atoms with E-state index in [-0.39, 0.29) is 11.6 Å². The zero-order valence-corrected chi connectivity index (χ0v) is 17.1. The second-order valence-electron chi connectivity index (χ2n) is 5.93. The lowest BCUT2D eigenvalue weighted by Crippen LogP contribution is -2.19. The van der Waals surface area contributed by atoms with Crippen LogP contribution in [-0.2, 0) is 4.79 Å². The normalized spacial score (nSPS) is 16.4. The average Bonchev–Trinajstić information content (AvgIpc) is 3.30. The Labute approximate surface area is 177 Å². The van der Waals surface area contributed by atoms with Crippen molar-refractivity contribution in [3.63, 3.8) is 0 Å². The Bertz CT molecular complexity index is 1170. The van der Waals surface area contributed by atoms with Crippen molar-refractivity contribution in [3.05, 3.63) is 85.9 Å². The molecule has 144 valence electrons. The Morgan fingerprint density at radius 2 is 1.86 bits per heavy atom. The van der Waals surface area contributed by atoms with Gasteiger partial charge in [-0.2, -0.15) is 0 Å². The fraction of sp³-hybridized carbons (Fsp3) is 0. The molecule has 2 aromatic carbocycles. The summed E-state index contributed by atoms with van der Waals surface area (Å²) < 4.78 is 6.66. The van der Waals surface area contributed by atoms with Gasteiger partial charge in [0.2, 0.25) is 0 Å². The van der Waals surface area contributed by atoms with Gasteiger partial charge < -0.3 is 9.73 Å². The van der Waals surface area contributed by atoms with Crippen LogP contribution in [0.15, 0.2) is 79.5 Å². The molecule has 7 nitrogen and oxygen atoms in total. The van der Waals surface area contributed by atoms with Crippen molar-refractivity contribution >= 4 is 56.2 Å². The van der Waals surface area contributed by atoms with Crippen molar-refractivity contribution in [3.8, 4) is 11.3 Å². The Morgan fingerprint density at radius 3 is 2.62 bits per heavy atom. The molecule has 4 rings (SSSR count). The highest BCUT2D eigenvalue weighted by Gasteiger charge is 2.24. The lowest BCUT2D eigenvalue weighted by Gasteiger charge is -1.98. The van der Waals surface area contributed by atoms with Crippen molar-refractivity contribution in [2.75, 3.05) is 0 Å². The van der Waals surface area contributed by atoms with Crippen LogP contribution in [-0.4, -0.2) is 16.0 Å². The molecule has 1 amide bonds. The van der Waals surface area contributed by atoms with Gasteiger partial charge in [0.25, 0.3) is 11.6 Å². The molecule has 1 N–H and O–H groups in total. The Kier molecular flexibility index (Phi) is 5.32. The van der Waals surface area contributed by atoms with E-state index in [1.165, 1.54) is 17.8 Å². The topological polar surface area (TPSA) is 97.7 Å². The number of amidine groups is 1. The van der Waals surface area contributed by atoms with Gasteiger partial charge in [0.1, 0.15) is 11.5 Å². The van der Waals surface area contributed by atoms with Crippen molar-refractivity contribution in [1.82, 2.24) is 5.32 Å².